The first-order valence-corrected chi connectivity index (χ1v) is 9.50. The summed E-state index contributed by atoms with van der Waals surface area (Å²) in [5, 5.41) is 6.40. The summed E-state index contributed by atoms with van der Waals surface area (Å²) in [6.45, 7) is 3.14. The molecule has 1 aromatic rings. The molecule has 0 spiro atoms. The Morgan fingerprint density at radius 2 is 2.00 bits per heavy atom. The number of sulfonamides is 1. The average molecular weight is 354 g/mol. The van der Waals surface area contributed by atoms with Gasteiger partial charge in [-0.3, -0.25) is 4.99 Å². The highest BCUT2D eigenvalue weighted by Gasteiger charge is 2.27. The van der Waals surface area contributed by atoms with Crippen molar-refractivity contribution in [3.63, 3.8) is 0 Å². The summed E-state index contributed by atoms with van der Waals surface area (Å²) >= 11 is 0. The summed E-state index contributed by atoms with van der Waals surface area (Å²) in [6, 6.07) is 7.12. The minimum Gasteiger partial charge on any atom is -0.383 e. The van der Waals surface area contributed by atoms with Crippen LogP contribution in [0.3, 0.4) is 0 Å². The number of rotatable bonds is 8. The number of guanidine groups is 1. The van der Waals surface area contributed by atoms with Crippen LogP contribution in [0.1, 0.15) is 25.3 Å². The molecule has 0 saturated heterocycles. The molecule has 1 aliphatic carbocycles. The second-order valence-corrected chi connectivity index (χ2v) is 7.68. The van der Waals surface area contributed by atoms with Crippen LogP contribution in [-0.4, -0.2) is 47.2 Å². The topological polar surface area (TPSA) is 91.8 Å². The normalized spacial score (nSPS) is 16.7. The highest BCUT2D eigenvalue weighted by atomic mass is 32.2. The van der Waals surface area contributed by atoms with E-state index in [-0.39, 0.29) is 12.1 Å². The first kappa shape index (κ1) is 18.7. The van der Waals surface area contributed by atoms with Gasteiger partial charge in [0.25, 0.3) is 0 Å². The molecule has 0 aromatic heterocycles. The maximum Gasteiger partial charge on any atom is 0.240 e. The largest absolute Gasteiger partial charge is 0.383 e. The van der Waals surface area contributed by atoms with Crippen molar-refractivity contribution in [1.29, 1.82) is 0 Å². The predicted molar refractivity (Wildman–Crippen MR) is 94.5 cm³/mol. The molecular formula is C16H26N4O3S. The van der Waals surface area contributed by atoms with Crippen LogP contribution in [0.4, 0.5) is 0 Å². The standard InChI is InChI=1S/C16H26N4O3S/c1-12(11-23-3)19-16(17-2)18-10-13-4-8-15(9-5-13)24(21,22)20-14-6-7-14/h4-5,8-9,12,14,20H,6-7,10-11H2,1-3H3,(H2,17,18,19). The predicted octanol–water partition coefficient (Wildman–Crippen LogP) is 0.827. The highest BCUT2D eigenvalue weighted by Crippen LogP contribution is 2.22. The van der Waals surface area contributed by atoms with Crippen molar-refractivity contribution in [3.05, 3.63) is 29.8 Å². The summed E-state index contributed by atoms with van der Waals surface area (Å²) in [4.78, 5) is 4.46. The number of methoxy groups -OCH3 is 1. The lowest BCUT2D eigenvalue weighted by Gasteiger charge is -2.17. The van der Waals surface area contributed by atoms with E-state index in [9.17, 15) is 8.42 Å². The van der Waals surface area contributed by atoms with Crippen molar-refractivity contribution in [2.45, 2.75) is 43.3 Å². The average Bonchev–Trinajstić information content (AvgIpc) is 3.35. The molecule has 1 aliphatic rings. The van der Waals surface area contributed by atoms with Gasteiger partial charge in [-0.25, -0.2) is 13.1 Å². The Morgan fingerprint density at radius 3 is 2.54 bits per heavy atom. The molecule has 3 N–H and O–H groups in total. The molecule has 1 unspecified atom stereocenters. The number of ether oxygens (including phenoxy) is 1. The van der Waals surface area contributed by atoms with E-state index in [0.29, 0.717) is 24.0 Å². The van der Waals surface area contributed by atoms with Gasteiger partial charge >= 0.3 is 0 Å². The van der Waals surface area contributed by atoms with Crippen LogP contribution < -0.4 is 15.4 Å². The van der Waals surface area contributed by atoms with Gasteiger partial charge in [0.1, 0.15) is 0 Å². The lowest BCUT2D eigenvalue weighted by molar-refractivity contribution is 0.179. The van der Waals surface area contributed by atoms with Gasteiger partial charge in [-0.1, -0.05) is 12.1 Å². The van der Waals surface area contributed by atoms with Gasteiger partial charge in [-0.15, -0.1) is 0 Å². The third-order valence-electron chi connectivity index (χ3n) is 3.62. The summed E-state index contributed by atoms with van der Waals surface area (Å²) in [5.41, 5.74) is 0.975. The third kappa shape index (κ3) is 5.77. The number of hydrogen-bond donors (Lipinski definition) is 3. The zero-order chi connectivity index (χ0) is 17.6. The van der Waals surface area contributed by atoms with Crippen LogP contribution in [0.25, 0.3) is 0 Å². The molecule has 0 bridgehead atoms. The summed E-state index contributed by atoms with van der Waals surface area (Å²) in [6.07, 6.45) is 1.85. The van der Waals surface area contributed by atoms with Crippen molar-refractivity contribution in [2.75, 3.05) is 20.8 Å². The Balaban J connectivity index is 1.89. The fourth-order valence-electron chi connectivity index (χ4n) is 2.18. The van der Waals surface area contributed by atoms with Crippen molar-refractivity contribution in [1.82, 2.24) is 15.4 Å². The minimum atomic E-state index is -3.39. The van der Waals surface area contributed by atoms with Gasteiger partial charge in [0.15, 0.2) is 5.96 Å². The quantitative estimate of drug-likeness (QED) is 0.475. The van der Waals surface area contributed by atoms with Gasteiger partial charge in [0, 0.05) is 32.8 Å². The number of nitrogens with one attached hydrogen (secondary N) is 3. The zero-order valence-electron chi connectivity index (χ0n) is 14.4. The maximum atomic E-state index is 12.1. The van der Waals surface area contributed by atoms with E-state index in [4.69, 9.17) is 4.74 Å². The molecule has 2 rings (SSSR count). The monoisotopic (exact) mass is 354 g/mol. The van der Waals surface area contributed by atoms with E-state index in [2.05, 4.69) is 20.3 Å². The number of hydrogen-bond acceptors (Lipinski definition) is 4. The summed E-state index contributed by atoms with van der Waals surface area (Å²) in [5.74, 6) is 0.673. The molecule has 7 nitrogen and oxygen atoms in total. The van der Waals surface area contributed by atoms with Crippen molar-refractivity contribution in [3.8, 4) is 0 Å². The van der Waals surface area contributed by atoms with Crippen molar-refractivity contribution in [2.24, 2.45) is 4.99 Å². The van der Waals surface area contributed by atoms with Gasteiger partial charge in [0.05, 0.1) is 11.5 Å². The molecule has 1 saturated carbocycles. The van der Waals surface area contributed by atoms with Gasteiger partial charge in [-0.2, -0.15) is 0 Å². The van der Waals surface area contributed by atoms with E-state index < -0.39 is 10.0 Å². The number of aliphatic imine (C=N–C) groups is 1. The Kier molecular flexibility index (Phi) is 6.59. The molecule has 1 aromatic carbocycles. The molecule has 0 amide bonds. The Bertz CT molecular complexity index is 654. The molecular weight excluding hydrogens is 328 g/mol. The van der Waals surface area contributed by atoms with Gasteiger partial charge < -0.3 is 15.4 Å². The van der Waals surface area contributed by atoms with Gasteiger partial charge in [-0.05, 0) is 37.5 Å². The van der Waals surface area contributed by atoms with Crippen LogP contribution in [0.15, 0.2) is 34.2 Å². The highest BCUT2D eigenvalue weighted by molar-refractivity contribution is 7.89. The van der Waals surface area contributed by atoms with Crippen LogP contribution >= 0.6 is 0 Å². The van der Waals surface area contributed by atoms with Crippen LogP contribution in [0.5, 0.6) is 0 Å². The zero-order valence-corrected chi connectivity index (χ0v) is 15.2. The second kappa shape index (κ2) is 8.46. The first-order valence-electron chi connectivity index (χ1n) is 8.02. The van der Waals surface area contributed by atoms with Crippen LogP contribution in [-0.2, 0) is 21.3 Å². The van der Waals surface area contributed by atoms with Crippen molar-refractivity contribution < 1.29 is 13.2 Å². The van der Waals surface area contributed by atoms with E-state index in [1.54, 1.807) is 38.4 Å². The number of nitrogens with zero attached hydrogens (tertiary/aromatic N) is 1. The Morgan fingerprint density at radius 1 is 1.33 bits per heavy atom. The molecule has 0 radical (unpaired) electrons. The summed E-state index contributed by atoms with van der Waals surface area (Å²) < 4.78 is 32.0. The lowest BCUT2D eigenvalue weighted by Crippen LogP contribution is -2.43. The molecule has 24 heavy (non-hydrogen) atoms. The maximum absolute atomic E-state index is 12.1. The number of benzene rings is 1. The molecule has 0 aliphatic heterocycles. The molecule has 134 valence electrons. The molecule has 0 heterocycles. The first-order chi connectivity index (χ1) is 11.4. The van der Waals surface area contributed by atoms with E-state index in [1.807, 2.05) is 6.92 Å². The fraction of sp³-hybridized carbons (Fsp3) is 0.562. The smallest absolute Gasteiger partial charge is 0.240 e. The molecule has 1 fully saturated rings. The van der Waals surface area contributed by atoms with Gasteiger partial charge in [0.2, 0.25) is 10.0 Å². The van der Waals surface area contributed by atoms with E-state index >= 15 is 0 Å². The summed E-state index contributed by atoms with van der Waals surface area (Å²) in [7, 11) is -0.0351. The van der Waals surface area contributed by atoms with E-state index in [1.165, 1.54) is 0 Å². The Hall–Kier alpha value is -1.64. The SMILES string of the molecule is CN=C(NCc1ccc(S(=O)(=O)NC2CC2)cc1)NC(C)COC. The van der Waals surface area contributed by atoms with Crippen LogP contribution in [0, 0.1) is 0 Å². The fourth-order valence-corrected chi connectivity index (χ4v) is 3.49. The minimum absolute atomic E-state index is 0.111. The van der Waals surface area contributed by atoms with E-state index in [0.717, 1.165) is 18.4 Å². The second-order valence-electron chi connectivity index (χ2n) is 5.97. The molecule has 1 atom stereocenters. The molecule has 8 heteroatoms. The van der Waals surface area contributed by atoms with Crippen LogP contribution in [0.2, 0.25) is 0 Å². The Labute approximate surface area is 143 Å². The third-order valence-corrected chi connectivity index (χ3v) is 5.15. The lowest BCUT2D eigenvalue weighted by atomic mass is 10.2. The van der Waals surface area contributed by atoms with Crippen molar-refractivity contribution >= 4 is 16.0 Å².